The lowest BCUT2D eigenvalue weighted by Gasteiger charge is -2.40. The first-order valence-electron chi connectivity index (χ1n) is 8.97. The molecule has 3 N–H and O–H groups in total. The molecule has 7 nitrogen and oxygen atoms in total. The summed E-state index contributed by atoms with van der Waals surface area (Å²) >= 11 is 0. The molecule has 1 fully saturated rings. The summed E-state index contributed by atoms with van der Waals surface area (Å²) in [5.74, 6) is -2.72. The van der Waals surface area contributed by atoms with Gasteiger partial charge < -0.3 is 20.3 Å². The van der Waals surface area contributed by atoms with Crippen molar-refractivity contribution in [2.45, 2.75) is 78.6 Å². The molecule has 0 heterocycles. The SMILES string of the molecule is CC(C)C(=O)O[C@H](OC(=O)C(N)C1(CC(=O)O)CCCCC1)C(C)C. The van der Waals surface area contributed by atoms with E-state index in [2.05, 4.69) is 0 Å². The van der Waals surface area contributed by atoms with E-state index in [1.807, 2.05) is 0 Å². The van der Waals surface area contributed by atoms with E-state index in [-0.39, 0.29) is 18.3 Å². The largest absolute Gasteiger partial charge is 0.481 e. The highest BCUT2D eigenvalue weighted by atomic mass is 16.7. The first-order valence-corrected chi connectivity index (χ1v) is 8.97. The van der Waals surface area contributed by atoms with Crippen LogP contribution in [0, 0.1) is 17.3 Å². The van der Waals surface area contributed by atoms with Crippen LogP contribution in [0.4, 0.5) is 0 Å². The zero-order valence-electron chi connectivity index (χ0n) is 15.6. The summed E-state index contributed by atoms with van der Waals surface area (Å²) in [5.41, 5.74) is 5.34. The minimum atomic E-state index is -1.05. The van der Waals surface area contributed by atoms with Crippen LogP contribution < -0.4 is 5.73 Å². The van der Waals surface area contributed by atoms with Gasteiger partial charge in [0, 0.05) is 11.3 Å². The lowest BCUT2D eigenvalue weighted by Crippen LogP contribution is -2.51. The maximum atomic E-state index is 12.6. The van der Waals surface area contributed by atoms with E-state index in [0.29, 0.717) is 12.8 Å². The third kappa shape index (κ3) is 5.99. The number of nitrogens with two attached hydrogens (primary N) is 1. The normalized spacial score (nSPS) is 19.3. The number of aliphatic carboxylic acids is 1. The molecule has 0 aliphatic heterocycles. The maximum Gasteiger partial charge on any atom is 0.326 e. The summed E-state index contributed by atoms with van der Waals surface area (Å²) in [4.78, 5) is 35.6. The Kier molecular flexibility index (Phi) is 7.86. The van der Waals surface area contributed by atoms with E-state index in [1.165, 1.54) is 0 Å². The van der Waals surface area contributed by atoms with Gasteiger partial charge in [0.05, 0.1) is 12.3 Å². The van der Waals surface area contributed by atoms with Crippen molar-refractivity contribution in [1.29, 1.82) is 0 Å². The molecule has 1 unspecified atom stereocenters. The van der Waals surface area contributed by atoms with E-state index >= 15 is 0 Å². The number of carbonyl (C=O) groups excluding carboxylic acids is 2. The standard InChI is InChI=1S/C18H31NO6/c1-11(2)15(22)24-17(12(3)4)25-16(23)14(19)18(10-13(20)21)8-6-5-7-9-18/h11-12,14,17H,5-10,19H2,1-4H3,(H,20,21)/t14?,17-/m1/s1. The predicted octanol–water partition coefficient (Wildman–Crippen LogP) is 2.46. The number of carboxylic acid groups (broad SMARTS) is 1. The van der Waals surface area contributed by atoms with Crippen molar-refractivity contribution in [3.05, 3.63) is 0 Å². The molecule has 25 heavy (non-hydrogen) atoms. The number of carboxylic acids is 1. The van der Waals surface area contributed by atoms with Crippen molar-refractivity contribution >= 4 is 17.9 Å². The molecule has 0 bridgehead atoms. The van der Waals surface area contributed by atoms with Gasteiger partial charge in [-0.2, -0.15) is 0 Å². The topological polar surface area (TPSA) is 116 Å². The Labute approximate surface area is 149 Å². The van der Waals surface area contributed by atoms with Crippen LogP contribution in [-0.2, 0) is 23.9 Å². The molecular weight excluding hydrogens is 326 g/mol. The van der Waals surface area contributed by atoms with Crippen molar-refractivity contribution in [2.75, 3.05) is 0 Å². The fraction of sp³-hybridized carbons (Fsp3) is 0.833. The molecule has 1 aliphatic carbocycles. The Morgan fingerprint density at radius 1 is 1.00 bits per heavy atom. The molecule has 1 saturated carbocycles. The summed E-state index contributed by atoms with van der Waals surface area (Å²) in [5, 5.41) is 9.23. The fourth-order valence-electron chi connectivity index (χ4n) is 3.14. The van der Waals surface area contributed by atoms with Crippen LogP contribution in [0.25, 0.3) is 0 Å². The first kappa shape index (κ1) is 21.4. The Hall–Kier alpha value is -1.63. The highest BCUT2D eigenvalue weighted by Gasteiger charge is 2.45. The van der Waals surface area contributed by atoms with E-state index in [9.17, 15) is 19.5 Å². The van der Waals surface area contributed by atoms with E-state index in [1.54, 1.807) is 27.7 Å². The third-order valence-electron chi connectivity index (χ3n) is 4.75. The lowest BCUT2D eigenvalue weighted by atomic mass is 9.67. The zero-order valence-corrected chi connectivity index (χ0v) is 15.6. The predicted molar refractivity (Wildman–Crippen MR) is 91.4 cm³/mol. The molecule has 0 aromatic heterocycles. The molecule has 7 heteroatoms. The number of esters is 2. The second-order valence-electron chi connectivity index (χ2n) is 7.61. The van der Waals surface area contributed by atoms with Gasteiger partial charge in [-0.05, 0) is 12.8 Å². The van der Waals surface area contributed by atoms with Crippen LogP contribution in [0.3, 0.4) is 0 Å². The number of hydrogen-bond donors (Lipinski definition) is 2. The number of hydrogen-bond acceptors (Lipinski definition) is 6. The smallest absolute Gasteiger partial charge is 0.326 e. The molecule has 0 aromatic carbocycles. The van der Waals surface area contributed by atoms with Crippen LogP contribution in [0.5, 0.6) is 0 Å². The van der Waals surface area contributed by atoms with Gasteiger partial charge in [-0.3, -0.25) is 14.4 Å². The molecular formula is C18H31NO6. The second-order valence-corrected chi connectivity index (χ2v) is 7.61. The maximum absolute atomic E-state index is 12.6. The summed E-state index contributed by atoms with van der Waals surface area (Å²) in [6, 6.07) is -1.05. The van der Waals surface area contributed by atoms with E-state index in [0.717, 1.165) is 19.3 Å². The van der Waals surface area contributed by atoms with Gasteiger partial charge in [-0.1, -0.05) is 47.0 Å². The molecule has 0 radical (unpaired) electrons. The van der Waals surface area contributed by atoms with Crippen molar-refractivity contribution < 1.29 is 29.0 Å². The molecule has 0 aromatic rings. The highest BCUT2D eigenvalue weighted by Crippen LogP contribution is 2.42. The van der Waals surface area contributed by atoms with Crippen molar-refractivity contribution in [3.63, 3.8) is 0 Å². The monoisotopic (exact) mass is 357 g/mol. The van der Waals surface area contributed by atoms with Crippen LogP contribution >= 0.6 is 0 Å². The number of rotatable bonds is 8. The van der Waals surface area contributed by atoms with Crippen molar-refractivity contribution in [1.82, 2.24) is 0 Å². The minimum Gasteiger partial charge on any atom is -0.481 e. The molecule has 0 saturated heterocycles. The average molecular weight is 357 g/mol. The zero-order chi connectivity index (χ0) is 19.2. The first-order chi connectivity index (χ1) is 11.6. The lowest BCUT2D eigenvalue weighted by molar-refractivity contribution is -0.201. The highest BCUT2D eigenvalue weighted by molar-refractivity contribution is 5.79. The number of ether oxygens (including phenoxy) is 2. The van der Waals surface area contributed by atoms with E-state index in [4.69, 9.17) is 15.2 Å². The molecule has 0 amide bonds. The minimum absolute atomic E-state index is 0.165. The average Bonchev–Trinajstić information content (AvgIpc) is 2.53. The quantitative estimate of drug-likeness (QED) is 0.506. The summed E-state index contributed by atoms with van der Waals surface area (Å²) < 4.78 is 10.6. The Bertz CT molecular complexity index is 482. The Morgan fingerprint density at radius 2 is 1.52 bits per heavy atom. The Morgan fingerprint density at radius 3 is 1.96 bits per heavy atom. The fourth-order valence-corrected chi connectivity index (χ4v) is 3.14. The van der Waals surface area contributed by atoms with E-state index < -0.39 is 35.7 Å². The van der Waals surface area contributed by atoms with Gasteiger partial charge in [-0.15, -0.1) is 0 Å². The van der Waals surface area contributed by atoms with Gasteiger partial charge in [-0.25, -0.2) is 0 Å². The molecule has 0 spiro atoms. The molecule has 1 aliphatic rings. The van der Waals surface area contributed by atoms with Gasteiger partial charge >= 0.3 is 17.9 Å². The van der Waals surface area contributed by atoms with Gasteiger partial charge in [0.1, 0.15) is 6.04 Å². The molecule has 1 rings (SSSR count). The summed E-state index contributed by atoms with van der Waals surface area (Å²) in [7, 11) is 0. The molecule has 144 valence electrons. The Balaban J connectivity index is 2.86. The van der Waals surface area contributed by atoms with Crippen LogP contribution in [0.15, 0.2) is 0 Å². The van der Waals surface area contributed by atoms with Gasteiger partial charge in [0.2, 0.25) is 6.29 Å². The number of carbonyl (C=O) groups is 3. The summed E-state index contributed by atoms with van der Waals surface area (Å²) in [6.45, 7) is 6.92. The van der Waals surface area contributed by atoms with Gasteiger partial charge in [0.25, 0.3) is 0 Å². The van der Waals surface area contributed by atoms with Crippen LogP contribution in [-0.4, -0.2) is 35.3 Å². The molecule has 2 atom stereocenters. The second kappa shape index (κ2) is 9.17. The van der Waals surface area contributed by atoms with Crippen molar-refractivity contribution in [3.8, 4) is 0 Å². The van der Waals surface area contributed by atoms with Gasteiger partial charge in [0.15, 0.2) is 0 Å². The van der Waals surface area contributed by atoms with Crippen LogP contribution in [0.1, 0.15) is 66.2 Å². The summed E-state index contributed by atoms with van der Waals surface area (Å²) in [6.07, 6.45) is 2.64. The van der Waals surface area contributed by atoms with Crippen LogP contribution in [0.2, 0.25) is 0 Å². The third-order valence-corrected chi connectivity index (χ3v) is 4.75. The van der Waals surface area contributed by atoms with Crippen molar-refractivity contribution in [2.24, 2.45) is 23.0 Å².